The minimum Gasteiger partial charge on any atom is -0.345 e. The van der Waals surface area contributed by atoms with Gasteiger partial charge in [-0.1, -0.05) is 159 Å². The Balaban J connectivity index is 1.31. The third kappa shape index (κ3) is 3.56. The summed E-state index contributed by atoms with van der Waals surface area (Å²) in [5.74, 6) is 0.839. The maximum atomic E-state index is 5.61. The Bertz CT molecular complexity index is 2860. The molecule has 0 saturated heterocycles. The molecular weight excluding hydrogens is 607 g/mol. The maximum Gasteiger partial charge on any atom is 0.209 e. The predicted octanol–water partition coefficient (Wildman–Crippen LogP) is 11.2. The molecule has 8 aromatic rings. The molecule has 0 fully saturated rings. The largest absolute Gasteiger partial charge is 0.345 e. The molecule has 0 spiro atoms. The summed E-state index contributed by atoms with van der Waals surface area (Å²) in [5.41, 5.74) is 13.5. The van der Waals surface area contributed by atoms with Crippen LogP contribution in [0, 0.1) is 0 Å². The Morgan fingerprint density at radius 1 is 0.600 bits per heavy atom. The zero-order valence-corrected chi connectivity index (χ0v) is 27.9. The summed E-state index contributed by atoms with van der Waals surface area (Å²) in [5, 5.41) is 11.6. The van der Waals surface area contributed by atoms with Gasteiger partial charge in [0, 0.05) is 32.7 Å². The monoisotopic (exact) mass is 639 g/mol. The molecule has 1 aromatic heterocycles. The van der Waals surface area contributed by atoms with Crippen molar-refractivity contribution in [2.24, 2.45) is 4.99 Å². The molecule has 1 unspecified atom stereocenters. The fourth-order valence-corrected chi connectivity index (χ4v) is 9.19. The quantitative estimate of drug-likeness (QED) is 0.178. The topological polar surface area (TPSA) is 29.3 Å². The molecule has 3 heteroatoms. The Labute approximate surface area is 290 Å². The number of nitrogens with one attached hydrogen (secondary N) is 1. The van der Waals surface area contributed by atoms with Crippen LogP contribution in [0.4, 0.5) is 0 Å². The molecule has 1 N–H and O–H groups in total. The lowest BCUT2D eigenvalue weighted by Gasteiger charge is -2.32. The van der Waals surface area contributed by atoms with Crippen LogP contribution in [0.2, 0.25) is 0 Å². The highest BCUT2D eigenvalue weighted by atomic mass is 15.2. The van der Waals surface area contributed by atoms with Crippen molar-refractivity contribution in [1.29, 1.82) is 0 Å². The summed E-state index contributed by atoms with van der Waals surface area (Å²) in [4.78, 5) is 5.61. The van der Waals surface area contributed by atoms with Gasteiger partial charge in [0.15, 0.2) is 0 Å². The van der Waals surface area contributed by atoms with Crippen molar-refractivity contribution < 1.29 is 0 Å². The molecule has 50 heavy (non-hydrogen) atoms. The van der Waals surface area contributed by atoms with Gasteiger partial charge in [0.05, 0.1) is 22.8 Å². The molecule has 236 valence electrons. The highest BCUT2D eigenvalue weighted by Gasteiger charge is 2.37. The van der Waals surface area contributed by atoms with Gasteiger partial charge >= 0.3 is 0 Å². The molecule has 2 aliphatic carbocycles. The second-order valence-electron chi connectivity index (χ2n) is 14.3. The average Bonchev–Trinajstić information content (AvgIpc) is 3.64. The smallest absolute Gasteiger partial charge is 0.209 e. The van der Waals surface area contributed by atoms with E-state index in [1.807, 2.05) is 0 Å². The minimum atomic E-state index is -0.0900. The van der Waals surface area contributed by atoms with Crippen LogP contribution < -0.4 is 5.32 Å². The van der Waals surface area contributed by atoms with Crippen LogP contribution in [0.15, 0.2) is 151 Å². The van der Waals surface area contributed by atoms with E-state index in [9.17, 15) is 0 Å². The van der Waals surface area contributed by atoms with Crippen LogP contribution >= 0.6 is 0 Å². The maximum absolute atomic E-state index is 5.61. The summed E-state index contributed by atoms with van der Waals surface area (Å²) in [6.07, 6.45) is 4.54. The highest BCUT2D eigenvalue weighted by molar-refractivity contribution is 6.36. The fourth-order valence-electron chi connectivity index (χ4n) is 9.19. The minimum absolute atomic E-state index is 0.0348. The highest BCUT2D eigenvalue weighted by Crippen LogP contribution is 2.54. The summed E-state index contributed by atoms with van der Waals surface area (Å²) in [6.45, 7) is 4.74. The number of para-hydroxylation sites is 1. The molecule has 0 radical (unpaired) electrons. The predicted molar refractivity (Wildman–Crippen MR) is 211 cm³/mol. The van der Waals surface area contributed by atoms with Crippen molar-refractivity contribution in [3.8, 4) is 11.1 Å². The molecule has 11 rings (SSSR count). The van der Waals surface area contributed by atoms with Crippen LogP contribution in [0.5, 0.6) is 0 Å². The lowest BCUT2D eigenvalue weighted by atomic mass is 9.81. The molecule has 0 amide bonds. The summed E-state index contributed by atoms with van der Waals surface area (Å²) in [6, 6.07) is 50.9. The number of nitrogens with zero attached hydrogens (tertiary/aromatic N) is 2. The van der Waals surface area contributed by atoms with Crippen LogP contribution in [0.1, 0.15) is 41.7 Å². The van der Waals surface area contributed by atoms with Crippen molar-refractivity contribution in [1.82, 2.24) is 9.88 Å². The number of hydrogen-bond donors (Lipinski definition) is 1. The van der Waals surface area contributed by atoms with Crippen molar-refractivity contribution in [3.63, 3.8) is 0 Å². The number of hydrogen-bond acceptors (Lipinski definition) is 2. The van der Waals surface area contributed by atoms with E-state index in [-0.39, 0.29) is 11.5 Å². The van der Waals surface area contributed by atoms with Crippen LogP contribution in [-0.4, -0.2) is 16.6 Å². The number of aliphatic imine (C=N–C) groups is 1. The van der Waals surface area contributed by atoms with Gasteiger partial charge in [-0.05, 0) is 55.6 Å². The molecule has 0 saturated carbocycles. The van der Waals surface area contributed by atoms with Crippen molar-refractivity contribution in [3.05, 3.63) is 173 Å². The van der Waals surface area contributed by atoms with E-state index in [2.05, 4.69) is 175 Å². The third-order valence-electron chi connectivity index (χ3n) is 11.4. The Morgan fingerprint density at radius 3 is 2.12 bits per heavy atom. The van der Waals surface area contributed by atoms with E-state index in [0.29, 0.717) is 0 Å². The van der Waals surface area contributed by atoms with Gasteiger partial charge in [0.2, 0.25) is 5.96 Å². The Morgan fingerprint density at radius 2 is 1.28 bits per heavy atom. The van der Waals surface area contributed by atoms with Gasteiger partial charge in [-0.15, -0.1) is 0 Å². The van der Waals surface area contributed by atoms with E-state index in [1.165, 1.54) is 76.8 Å². The normalized spacial score (nSPS) is 17.1. The van der Waals surface area contributed by atoms with E-state index < -0.39 is 0 Å². The molecule has 1 aliphatic heterocycles. The van der Waals surface area contributed by atoms with E-state index >= 15 is 0 Å². The summed E-state index contributed by atoms with van der Waals surface area (Å²) in [7, 11) is 0. The Hall–Kier alpha value is -6.19. The molecule has 2 heterocycles. The van der Waals surface area contributed by atoms with Gasteiger partial charge in [-0.3, -0.25) is 4.57 Å². The van der Waals surface area contributed by atoms with Gasteiger partial charge in [0.1, 0.15) is 0 Å². The average molecular weight is 640 g/mol. The lowest BCUT2D eigenvalue weighted by Crippen LogP contribution is -2.42. The van der Waals surface area contributed by atoms with E-state index in [0.717, 1.165) is 22.7 Å². The number of rotatable bonds is 1. The first-order valence-electron chi connectivity index (χ1n) is 17.5. The molecule has 7 aromatic carbocycles. The number of aromatic nitrogens is 1. The molecule has 3 nitrogen and oxygen atoms in total. The van der Waals surface area contributed by atoms with Gasteiger partial charge in [0.25, 0.3) is 0 Å². The standard InChI is InChI=1S/C47H33N3/c1-47(2)36-22-12-10-20-33(36)42-37(47)26-25-35-40(42)31-18-8-9-19-32(31)41-34-21-11-13-23-39(34)50(45(35)41)46-48-38-27-24-28-14-6-7-17-30(28)43(38)44(49-46)29-15-4-3-5-16-29/h3-27,38H,1-2H3,(H,48,49). The lowest BCUT2D eigenvalue weighted by molar-refractivity contribution is 0.661. The first-order chi connectivity index (χ1) is 24.6. The van der Waals surface area contributed by atoms with Crippen LogP contribution in [0.25, 0.3) is 71.8 Å². The van der Waals surface area contributed by atoms with Crippen LogP contribution in [-0.2, 0) is 5.41 Å². The SMILES string of the molecule is CC1(C)c2ccccc2-c2c1ccc1c2c2ccccc2c2c3ccccc3n(C3=NC(c4ccccc4)=C4c5ccccc5C=CC4N3)c12. The zero-order chi connectivity index (χ0) is 33.1. The van der Waals surface area contributed by atoms with Crippen LogP contribution in [0.3, 0.4) is 0 Å². The van der Waals surface area contributed by atoms with E-state index in [1.54, 1.807) is 0 Å². The number of fused-ring (bicyclic) bond motifs is 15. The Kier molecular flexibility index (Phi) is 5.51. The second-order valence-corrected chi connectivity index (χ2v) is 14.3. The zero-order valence-electron chi connectivity index (χ0n) is 27.9. The summed E-state index contributed by atoms with van der Waals surface area (Å²) < 4.78 is 2.41. The number of benzene rings is 7. The molecule has 3 aliphatic rings. The first-order valence-corrected chi connectivity index (χ1v) is 17.5. The van der Waals surface area contributed by atoms with Gasteiger partial charge < -0.3 is 5.32 Å². The second kappa shape index (κ2) is 9.93. The molecule has 1 atom stereocenters. The first kappa shape index (κ1) is 27.7. The fraction of sp³-hybridized carbons (Fsp3) is 0.0851. The van der Waals surface area contributed by atoms with Crippen molar-refractivity contribution in [2.45, 2.75) is 25.3 Å². The summed E-state index contributed by atoms with van der Waals surface area (Å²) >= 11 is 0. The van der Waals surface area contributed by atoms with Crippen molar-refractivity contribution >= 4 is 66.7 Å². The van der Waals surface area contributed by atoms with Gasteiger partial charge in [-0.25, -0.2) is 4.99 Å². The van der Waals surface area contributed by atoms with Gasteiger partial charge in [-0.2, -0.15) is 0 Å². The molecular formula is C47H33N3. The third-order valence-corrected chi connectivity index (χ3v) is 11.4. The molecule has 0 bridgehead atoms. The van der Waals surface area contributed by atoms with E-state index in [4.69, 9.17) is 4.99 Å². The van der Waals surface area contributed by atoms with Crippen molar-refractivity contribution in [2.75, 3.05) is 0 Å².